The lowest BCUT2D eigenvalue weighted by Crippen LogP contribution is -2.16. The van der Waals surface area contributed by atoms with Crippen LogP contribution in [-0.4, -0.2) is 12.1 Å². The third-order valence-electron chi connectivity index (χ3n) is 1.75. The van der Waals surface area contributed by atoms with Crippen molar-refractivity contribution in [3.05, 3.63) is 27.7 Å². The molecule has 0 aromatic heterocycles. The van der Waals surface area contributed by atoms with Crippen LogP contribution in [0.25, 0.3) is 0 Å². The Labute approximate surface area is 99.7 Å². The molecular formula is C10H10BrF2NO2. The van der Waals surface area contributed by atoms with Gasteiger partial charge >= 0.3 is 5.97 Å². The maximum Gasteiger partial charge on any atom is 0.343 e. The molecule has 3 nitrogen and oxygen atoms in total. The quantitative estimate of drug-likeness (QED) is 0.518. The fourth-order valence-electron chi connectivity index (χ4n) is 1.09. The number of halogens is 3. The lowest BCUT2D eigenvalue weighted by Gasteiger charge is -2.11. The van der Waals surface area contributed by atoms with Crippen molar-refractivity contribution in [2.24, 2.45) is 0 Å². The average Bonchev–Trinajstić information content (AvgIpc) is 2.13. The summed E-state index contributed by atoms with van der Waals surface area (Å²) in [6, 6.07) is 0.836. The first-order chi connectivity index (χ1) is 7.34. The molecular weight excluding hydrogens is 284 g/mol. The molecule has 0 heterocycles. The number of hydrogen-bond acceptors (Lipinski definition) is 3. The molecule has 0 saturated carbocycles. The largest absolute Gasteiger partial charge is 0.459 e. The summed E-state index contributed by atoms with van der Waals surface area (Å²) < 4.78 is 31.4. The van der Waals surface area contributed by atoms with Gasteiger partial charge in [0.05, 0.1) is 16.3 Å². The maximum atomic E-state index is 13.4. The van der Waals surface area contributed by atoms with Crippen LogP contribution in [0.4, 0.5) is 14.5 Å². The molecule has 0 fully saturated rings. The summed E-state index contributed by atoms with van der Waals surface area (Å²) in [6.07, 6.45) is -0.432. The van der Waals surface area contributed by atoms with Gasteiger partial charge < -0.3 is 10.5 Å². The normalized spacial score (nSPS) is 10.6. The van der Waals surface area contributed by atoms with Gasteiger partial charge in [-0.1, -0.05) is 0 Å². The predicted molar refractivity (Wildman–Crippen MR) is 59.0 cm³/mol. The molecule has 88 valence electrons. The second kappa shape index (κ2) is 4.78. The molecule has 0 aliphatic heterocycles. The monoisotopic (exact) mass is 293 g/mol. The van der Waals surface area contributed by atoms with Crippen LogP contribution in [0, 0.1) is 11.6 Å². The van der Waals surface area contributed by atoms with Crippen molar-refractivity contribution in [3.63, 3.8) is 0 Å². The van der Waals surface area contributed by atoms with Gasteiger partial charge in [-0.3, -0.25) is 0 Å². The number of nitrogens with two attached hydrogens (primary N) is 1. The molecule has 0 aliphatic carbocycles. The summed E-state index contributed by atoms with van der Waals surface area (Å²) in [7, 11) is 0. The van der Waals surface area contributed by atoms with E-state index in [0.29, 0.717) is 0 Å². The summed E-state index contributed by atoms with van der Waals surface area (Å²) in [4.78, 5) is 11.4. The highest BCUT2D eigenvalue weighted by Crippen LogP contribution is 2.28. The summed E-state index contributed by atoms with van der Waals surface area (Å²) in [5.74, 6) is -2.77. The van der Waals surface area contributed by atoms with Crippen LogP contribution in [0.1, 0.15) is 24.2 Å². The van der Waals surface area contributed by atoms with Crippen molar-refractivity contribution in [1.82, 2.24) is 0 Å². The van der Waals surface area contributed by atoms with E-state index in [1.54, 1.807) is 13.8 Å². The molecule has 1 aromatic rings. The van der Waals surface area contributed by atoms with E-state index in [1.165, 1.54) is 0 Å². The molecule has 1 aromatic carbocycles. The minimum absolute atomic E-state index is 0.136. The topological polar surface area (TPSA) is 52.3 Å². The number of anilines is 1. The highest BCUT2D eigenvalue weighted by molar-refractivity contribution is 9.10. The summed E-state index contributed by atoms with van der Waals surface area (Å²) in [6.45, 7) is 3.20. The van der Waals surface area contributed by atoms with E-state index in [9.17, 15) is 13.6 Å². The van der Waals surface area contributed by atoms with Crippen molar-refractivity contribution >= 4 is 27.6 Å². The maximum absolute atomic E-state index is 13.4. The zero-order valence-electron chi connectivity index (χ0n) is 8.68. The molecule has 0 atom stereocenters. The molecule has 0 amide bonds. The smallest absolute Gasteiger partial charge is 0.343 e. The number of carbonyl (C=O) groups excluding carboxylic acids is 1. The van der Waals surface area contributed by atoms with E-state index in [-0.39, 0.29) is 4.47 Å². The second-order valence-electron chi connectivity index (χ2n) is 3.40. The van der Waals surface area contributed by atoms with Gasteiger partial charge in [-0.25, -0.2) is 13.6 Å². The van der Waals surface area contributed by atoms with Crippen LogP contribution in [-0.2, 0) is 4.74 Å². The summed E-state index contributed by atoms with van der Waals surface area (Å²) in [5, 5.41) is 0. The van der Waals surface area contributed by atoms with Crippen LogP contribution in [0.3, 0.4) is 0 Å². The molecule has 1 rings (SSSR count). The van der Waals surface area contributed by atoms with Gasteiger partial charge in [0.25, 0.3) is 0 Å². The molecule has 0 spiro atoms. The number of ether oxygens (including phenoxy) is 1. The number of rotatable bonds is 2. The Morgan fingerprint density at radius 1 is 1.50 bits per heavy atom. The van der Waals surface area contributed by atoms with Gasteiger partial charge in [-0.2, -0.15) is 0 Å². The van der Waals surface area contributed by atoms with E-state index in [4.69, 9.17) is 10.5 Å². The molecule has 16 heavy (non-hydrogen) atoms. The van der Waals surface area contributed by atoms with Crippen LogP contribution in [0.2, 0.25) is 0 Å². The van der Waals surface area contributed by atoms with E-state index >= 15 is 0 Å². The fourth-order valence-corrected chi connectivity index (χ4v) is 1.51. The number of nitrogen functional groups attached to an aromatic ring is 1. The van der Waals surface area contributed by atoms with Gasteiger partial charge in [-0.15, -0.1) is 0 Å². The van der Waals surface area contributed by atoms with Gasteiger partial charge in [0, 0.05) is 0 Å². The Morgan fingerprint density at radius 2 is 2.06 bits per heavy atom. The lowest BCUT2D eigenvalue weighted by molar-refractivity contribution is 0.0373. The van der Waals surface area contributed by atoms with Gasteiger partial charge in [0.1, 0.15) is 11.4 Å². The van der Waals surface area contributed by atoms with Crippen LogP contribution in [0.5, 0.6) is 0 Å². The fraction of sp³-hybridized carbons (Fsp3) is 0.300. The molecule has 0 bridgehead atoms. The van der Waals surface area contributed by atoms with Crippen LogP contribution < -0.4 is 5.73 Å². The number of esters is 1. The Balaban J connectivity index is 3.24. The molecule has 0 radical (unpaired) electrons. The van der Waals surface area contributed by atoms with Gasteiger partial charge in [0.2, 0.25) is 0 Å². The predicted octanol–water partition coefficient (Wildman–Crippen LogP) is 2.87. The van der Waals surface area contributed by atoms with E-state index in [1.807, 2.05) is 0 Å². The zero-order valence-corrected chi connectivity index (χ0v) is 10.3. The van der Waals surface area contributed by atoms with Crippen LogP contribution >= 0.6 is 15.9 Å². The van der Waals surface area contributed by atoms with E-state index in [2.05, 4.69) is 15.9 Å². The van der Waals surface area contributed by atoms with E-state index < -0.39 is 35.0 Å². The summed E-state index contributed by atoms with van der Waals surface area (Å²) >= 11 is 2.78. The van der Waals surface area contributed by atoms with Gasteiger partial charge in [0.15, 0.2) is 5.82 Å². The molecule has 0 saturated heterocycles. The Kier molecular flexibility index (Phi) is 3.85. The first-order valence-electron chi connectivity index (χ1n) is 4.48. The number of carbonyl (C=O) groups is 1. The minimum atomic E-state index is -0.976. The molecule has 0 unspecified atom stereocenters. The van der Waals surface area contributed by atoms with Crippen LogP contribution in [0.15, 0.2) is 10.5 Å². The third kappa shape index (κ3) is 2.49. The Bertz CT molecular complexity index is 435. The second-order valence-corrected chi connectivity index (χ2v) is 4.25. The highest BCUT2D eigenvalue weighted by atomic mass is 79.9. The lowest BCUT2D eigenvalue weighted by atomic mass is 10.1. The van der Waals surface area contributed by atoms with Crippen molar-refractivity contribution in [1.29, 1.82) is 0 Å². The molecule has 0 aliphatic rings. The number of hydrogen-bond donors (Lipinski definition) is 1. The van der Waals surface area contributed by atoms with Crippen molar-refractivity contribution in [2.75, 3.05) is 5.73 Å². The third-order valence-corrected chi connectivity index (χ3v) is 2.33. The molecule has 6 heteroatoms. The average molecular weight is 294 g/mol. The Morgan fingerprint density at radius 3 is 2.56 bits per heavy atom. The van der Waals surface area contributed by atoms with Gasteiger partial charge in [-0.05, 0) is 35.8 Å². The summed E-state index contributed by atoms with van der Waals surface area (Å²) in [5.41, 5.74) is 4.18. The first kappa shape index (κ1) is 12.9. The van der Waals surface area contributed by atoms with E-state index in [0.717, 1.165) is 6.07 Å². The molecule has 2 N–H and O–H groups in total. The Hall–Kier alpha value is -1.17. The minimum Gasteiger partial charge on any atom is -0.459 e. The van der Waals surface area contributed by atoms with Crippen molar-refractivity contribution < 1.29 is 18.3 Å². The van der Waals surface area contributed by atoms with Crippen molar-refractivity contribution in [2.45, 2.75) is 20.0 Å². The standard InChI is InChI=1S/C10H10BrF2NO2/c1-4(2)16-10(15)7-6(12)3-5(11)8(13)9(7)14/h3-4H,14H2,1-2H3. The number of benzene rings is 1. The highest BCUT2D eigenvalue weighted by Gasteiger charge is 2.22. The van der Waals surface area contributed by atoms with Crippen molar-refractivity contribution in [3.8, 4) is 0 Å². The SMILES string of the molecule is CC(C)OC(=O)c1c(F)cc(Br)c(F)c1N. The zero-order chi connectivity index (χ0) is 12.5. The first-order valence-corrected chi connectivity index (χ1v) is 5.27.